The smallest absolute Gasteiger partial charge is 0.243 e. The Labute approximate surface area is 185 Å². The Morgan fingerprint density at radius 3 is 2.42 bits per heavy atom. The van der Waals surface area contributed by atoms with Gasteiger partial charge >= 0.3 is 0 Å². The fraction of sp³-hybridized carbons (Fsp3) is 0.565. The monoisotopic (exact) mass is 447 g/mol. The molecule has 7 nitrogen and oxygen atoms in total. The van der Waals surface area contributed by atoms with Gasteiger partial charge in [0.25, 0.3) is 0 Å². The van der Waals surface area contributed by atoms with Gasteiger partial charge in [-0.3, -0.25) is 9.59 Å². The van der Waals surface area contributed by atoms with Crippen LogP contribution in [0.4, 0.5) is 5.69 Å². The Bertz CT molecular complexity index is 901. The van der Waals surface area contributed by atoms with Gasteiger partial charge < -0.3 is 10.6 Å². The number of carbonyl (C=O) groups is 2. The van der Waals surface area contributed by atoms with E-state index in [9.17, 15) is 18.0 Å². The number of rotatable bonds is 8. The summed E-state index contributed by atoms with van der Waals surface area (Å²) in [4.78, 5) is 23.6. The lowest BCUT2D eigenvalue weighted by atomic mass is 9.94. The summed E-state index contributed by atoms with van der Waals surface area (Å²) in [6.07, 6.45) is 9.89. The molecule has 3 rings (SSSR count). The summed E-state index contributed by atoms with van der Waals surface area (Å²) >= 11 is 0. The minimum absolute atomic E-state index is 0.0614. The zero-order valence-electron chi connectivity index (χ0n) is 18.2. The third-order valence-corrected chi connectivity index (χ3v) is 7.93. The number of nitrogens with one attached hydrogen (secondary N) is 2. The van der Waals surface area contributed by atoms with Crippen molar-refractivity contribution in [1.29, 1.82) is 0 Å². The van der Waals surface area contributed by atoms with Crippen LogP contribution >= 0.6 is 0 Å². The number of nitrogens with zero attached hydrogens (tertiary/aromatic N) is 1. The molecule has 0 unspecified atom stereocenters. The SMILES string of the molecule is CC(=O)Nc1ccc(S(=O)(=O)N2CCC(CC(=O)NCCC3=CCCCC3)CC2)cc1. The van der Waals surface area contributed by atoms with Crippen molar-refractivity contribution in [2.45, 2.75) is 63.2 Å². The zero-order chi connectivity index (χ0) is 22.3. The number of piperidine rings is 1. The summed E-state index contributed by atoms with van der Waals surface area (Å²) in [6, 6.07) is 6.22. The first-order valence-electron chi connectivity index (χ1n) is 11.2. The van der Waals surface area contributed by atoms with Gasteiger partial charge in [0.15, 0.2) is 0 Å². The molecule has 0 bridgehead atoms. The van der Waals surface area contributed by atoms with Gasteiger partial charge in [0.1, 0.15) is 0 Å². The molecule has 0 spiro atoms. The Morgan fingerprint density at radius 1 is 1.10 bits per heavy atom. The number of sulfonamides is 1. The van der Waals surface area contributed by atoms with Crippen LogP contribution in [0.1, 0.15) is 58.3 Å². The number of allylic oxidation sites excluding steroid dienone is 1. The average molecular weight is 448 g/mol. The average Bonchev–Trinajstić information content (AvgIpc) is 2.75. The van der Waals surface area contributed by atoms with Gasteiger partial charge in [0.05, 0.1) is 4.90 Å². The van der Waals surface area contributed by atoms with Crippen molar-refractivity contribution >= 4 is 27.5 Å². The second-order valence-corrected chi connectivity index (χ2v) is 10.4. The van der Waals surface area contributed by atoms with Crippen molar-refractivity contribution in [2.75, 3.05) is 25.0 Å². The first-order valence-corrected chi connectivity index (χ1v) is 12.6. The molecule has 2 amide bonds. The number of hydrogen-bond acceptors (Lipinski definition) is 4. The molecule has 1 aliphatic carbocycles. The lowest BCUT2D eigenvalue weighted by Gasteiger charge is -2.31. The van der Waals surface area contributed by atoms with Crippen molar-refractivity contribution in [2.24, 2.45) is 5.92 Å². The summed E-state index contributed by atoms with van der Waals surface area (Å²) < 4.78 is 27.3. The molecule has 1 aliphatic heterocycles. The van der Waals surface area contributed by atoms with E-state index in [-0.39, 0.29) is 22.6 Å². The van der Waals surface area contributed by atoms with E-state index >= 15 is 0 Å². The number of carbonyl (C=O) groups excluding carboxylic acids is 2. The van der Waals surface area contributed by atoms with E-state index in [4.69, 9.17) is 0 Å². The van der Waals surface area contributed by atoms with Gasteiger partial charge in [0.2, 0.25) is 21.8 Å². The number of hydrogen-bond donors (Lipinski definition) is 2. The summed E-state index contributed by atoms with van der Waals surface area (Å²) in [5.41, 5.74) is 2.02. The predicted octanol–water partition coefficient (Wildman–Crippen LogP) is 3.44. The topological polar surface area (TPSA) is 95.6 Å². The molecule has 2 N–H and O–H groups in total. The highest BCUT2D eigenvalue weighted by molar-refractivity contribution is 7.89. The van der Waals surface area contributed by atoms with Crippen LogP contribution in [0.25, 0.3) is 0 Å². The minimum Gasteiger partial charge on any atom is -0.356 e. The summed E-state index contributed by atoms with van der Waals surface area (Å²) in [5, 5.41) is 5.65. The van der Waals surface area contributed by atoms with Crippen LogP contribution in [0, 0.1) is 5.92 Å². The number of benzene rings is 1. The van der Waals surface area contributed by atoms with E-state index in [0.29, 0.717) is 44.6 Å². The van der Waals surface area contributed by atoms with Gasteiger partial charge in [-0.2, -0.15) is 4.31 Å². The molecule has 0 aromatic heterocycles. The molecule has 1 aromatic rings. The minimum atomic E-state index is -3.57. The third-order valence-electron chi connectivity index (χ3n) is 6.01. The van der Waals surface area contributed by atoms with Crippen LogP contribution < -0.4 is 10.6 Å². The molecule has 31 heavy (non-hydrogen) atoms. The van der Waals surface area contributed by atoms with Gasteiger partial charge in [-0.1, -0.05) is 11.6 Å². The molecule has 1 saturated heterocycles. The fourth-order valence-electron chi connectivity index (χ4n) is 4.24. The van der Waals surface area contributed by atoms with E-state index in [1.165, 1.54) is 41.8 Å². The van der Waals surface area contributed by atoms with Crippen molar-refractivity contribution in [1.82, 2.24) is 9.62 Å². The number of amides is 2. The van der Waals surface area contributed by atoms with Crippen LogP contribution in [-0.2, 0) is 19.6 Å². The van der Waals surface area contributed by atoms with Crippen molar-refractivity contribution in [3.05, 3.63) is 35.9 Å². The van der Waals surface area contributed by atoms with Crippen molar-refractivity contribution in [3.8, 4) is 0 Å². The molecule has 8 heteroatoms. The fourth-order valence-corrected chi connectivity index (χ4v) is 5.71. The van der Waals surface area contributed by atoms with Crippen molar-refractivity contribution < 1.29 is 18.0 Å². The normalized spacial score (nSPS) is 18.3. The van der Waals surface area contributed by atoms with E-state index in [1.807, 2.05) is 0 Å². The maximum Gasteiger partial charge on any atom is 0.243 e. The Morgan fingerprint density at radius 2 is 1.81 bits per heavy atom. The summed E-state index contributed by atoms with van der Waals surface area (Å²) in [6.45, 7) is 2.93. The highest BCUT2D eigenvalue weighted by Crippen LogP contribution is 2.26. The Balaban J connectivity index is 1.43. The first kappa shape index (κ1) is 23.5. The van der Waals surface area contributed by atoms with Gasteiger partial charge in [0, 0.05) is 38.7 Å². The summed E-state index contributed by atoms with van der Waals surface area (Å²) in [5.74, 6) is 0.0709. The zero-order valence-corrected chi connectivity index (χ0v) is 19.0. The van der Waals surface area contributed by atoms with Gasteiger partial charge in [-0.15, -0.1) is 0 Å². The summed E-state index contributed by atoms with van der Waals surface area (Å²) in [7, 11) is -3.57. The van der Waals surface area contributed by atoms with Crippen LogP contribution in [0.3, 0.4) is 0 Å². The van der Waals surface area contributed by atoms with E-state index < -0.39 is 10.0 Å². The third kappa shape index (κ3) is 6.90. The van der Waals surface area contributed by atoms with Crippen LogP contribution in [0.15, 0.2) is 40.8 Å². The highest BCUT2D eigenvalue weighted by Gasteiger charge is 2.30. The lowest BCUT2D eigenvalue weighted by Crippen LogP contribution is -2.39. The predicted molar refractivity (Wildman–Crippen MR) is 121 cm³/mol. The van der Waals surface area contributed by atoms with E-state index in [2.05, 4.69) is 16.7 Å². The molecule has 1 aromatic carbocycles. The van der Waals surface area contributed by atoms with Crippen LogP contribution in [-0.4, -0.2) is 44.2 Å². The molecule has 0 radical (unpaired) electrons. The Hall–Kier alpha value is -2.19. The molecule has 0 saturated carbocycles. The van der Waals surface area contributed by atoms with Crippen LogP contribution in [0.2, 0.25) is 0 Å². The molecule has 170 valence electrons. The lowest BCUT2D eigenvalue weighted by molar-refractivity contribution is -0.122. The first-order chi connectivity index (χ1) is 14.8. The highest BCUT2D eigenvalue weighted by atomic mass is 32.2. The van der Waals surface area contributed by atoms with Gasteiger partial charge in [-0.25, -0.2) is 8.42 Å². The largest absolute Gasteiger partial charge is 0.356 e. The molecule has 1 fully saturated rings. The molecule has 1 heterocycles. The molecule has 2 aliphatic rings. The van der Waals surface area contributed by atoms with E-state index in [1.54, 1.807) is 12.1 Å². The second-order valence-electron chi connectivity index (χ2n) is 8.47. The Kier molecular flexibility index (Phi) is 8.26. The molecule has 0 atom stereocenters. The second kappa shape index (κ2) is 10.9. The quantitative estimate of drug-likeness (QED) is 0.597. The van der Waals surface area contributed by atoms with Crippen molar-refractivity contribution in [3.63, 3.8) is 0 Å². The van der Waals surface area contributed by atoms with Crippen LogP contribution in [0.5, 0.6) is 0 Å². The number of anilines is 1. The van der Waals surface area contributed by atoms with E-state index in [0.717, 1.165) is 19.3 Å². The molecular formula is C23H33N3O4S. The standard InChI is InChI=1S/C23H33N3O4S/c1-18(27)25-21-7-9-22(10-8-21)31(29,30)26-15-12-20(13-16-26)17-23(28)24-14-11-19-5-3-2-4-6-19/h5,7-10,20H,2-4,6,11-17H2,1H3,(H,24,28)(H,25,27). The maximum atomic E-state index is 12.9. The van der Waals surface area contributed by atoms with Gasteiger partial charge in [-0.05, 0) is 75.1 Å². The molecular weight excluding hydrogens is 414 g/mol. The maximum absolute atomic E-state index is 12.9.